The Morgan fingerprint density at radius 2 is 2.08 bits per heavy atom. The van der Waals surface area contributed by atoms with Crippen LogP contribution in [0.4, 0.5) is 23.8 Å². The first-order valence-electron chi connectivity index (χ1n) is 8.28. The summed E-state index contributed by atoms with van der Waals surface area (Å²) in [4.78, 5) is 19.3. The van der Waals surface area contributed by atoms with Gasteiger partial charge in [0.15, 0.2) is 0 Å². The van der Waals surface area contributed by atoms with E-state index in [9.17, 15) is 18.0 Å². The van der Waals surface area contributed by atoms with E-state index in [4.69, 9.17) is 16.3 Å². The molecule has 1 aromatic rings. The van der Waals surface area contributed by atoms with Crippen molar-refractivity contribution in [2.45, 2.75) is 39.0 Å². The van der Waals surface area contributed by atoms with Crippen molar-refractivity contribution >= 4 is 23.5 Å². The van der Waals surface area contributed by atoms with Crippen LogP contribution in [0.5, 0.6) is 0 Å². The molecule has 1 saturated heterocycles. The summed E-state index contributed by atoms with van der Waals surface area (Å²) in [6.45, 7) is 7.07. The number of nitrogens with zero attached hydrogens (tertiary/aromatic N) is 3. The van der Waals surface area contributed by atoms with Crippen molar-refractivity contribution in [3.8, 4) is 0 Å². The lowest BCUT2D eigenvalue weighted by Crippen LogP contribution is -2.36. The molecule has 1 fully saturated rings. The maximum Gasteiger partial charge on any atom is 0.417 e. The SMILES string of the molecule is CN(CC1CCN(C(=O)OC(C)(C)C)C1)c1ncc(C(F)(F)F)cc1Cl. The number of alkyl halides is 3. The highest BCUT2D eigenvalue weighted by Gasteiger charge is 2.33. The summed E-state index contributed by atoms with van der Waals surface area (Å²) in [6, 6.07) is 0.877. The van der Waals surface area contributed by atoms with Gasteiger partial charge in [-0.3, -0.25) is 0 Å². The van der Waals surface area contributed by atoms with Gasteiger partial charge in [0.25, 0.3) is 0 Å². The van der Waals surface area contributed by atoms with Crippen molar-refractivity contribution in [3.63, 3.8) is 0 Å². The lowest BCUT2D eigenvalue weighted by Gasteiger charge is -2.25. The molecule has 2 heterocycles. The summed E-state index contributed by atoms with van der Waals surface area (Å²) < 4.78 is 43.5. The van der Waals surface area contributed by atoms with E-state index >= 15 is 0 Å². The Bertz CT molecular complexity index is 662. The average molecular weight is 394 g/mol. The highest BCUT2D eigenvalue weighted by molar-refractivity contribution is 6.33. The van der Waals surface area contributed by atoms with Crippen molar-refractivity contribution in [1.82, 2.24) is 9.88 Å². The van der Waals surface area contributed by atoms with Crippen molar-refractivity contribution < 1.29 is 22.7 Å². The standard InChI is InChI=1S/C17H23ClF3N3O2/c1-16(2,3)26-15(25)24-6-5-11(10-24)9-23(4)14-13(18)7-12(8-22-14)17(19,20)21/h7-8,11H,5-6,9-10H2,1-4H3. The van der Waals surface area contributed by atoms with Crippen molar-refractivity contribution in [1.29, 1.82) is 0 Å². The number of aromatic nitrogens is 1. The number of likely N-dealkylation sites (tertiary alicyclic amines) is 1. The van der Waals surface area contributed by atoms with E-state index in [1.165, 1.54) is 0 Å². The third-order valence-corrected chi connectivity index (χ3v) is 4.26. The van der Waals surface area contributed by atoms with Crippen LogP contribution in [-0.4, -0.2) is 48.3 Å². The van der Waals surface area contributed by atoms with E-state index in [1.54, 1.807) is 16.8 Å². The number of carbonyl (C=O) groups excluding carboxylic acids is 1. The molecule has 1 amide bonds. The first-order valence-corrected chi connectivity index (χ1v) is 8.66. The summed E-state index contributed by atoms with van der Waals surface area (Å²) in [7, 11) is 1.72. The van der Waals surface area contributed by atoms with E-state index in [-0.39, 0.29) is 22.9 Å². The molecular formula is C17H23ClF3N3O2. The van der Waals surface area contributed by atoms with Gasteiger partial charge in [0.05, 0.1) is 10.6 Å². The molecule has 0 aromatic carbocycles. The number of halogens is 4. The predicted octanol–water partition coefficient (Wildman–Crippen LogP) is 4.45. The quantitative estimate of drug-likeness (QED) is 0.761. The lowest BCUT2D eigenvalue weighted by atomic mass is 10.1. The molecule has 0 aliphatic carbocycles. The van der Waals surface area contributed by atoms with Crippen LogP contribution in [0.3, 0.4) is 0 Å². The zero-order chi connectivity index (χ0) is 19.7. The number of amides is 1. The molecule has 5 nitrogen and oxygen atoms in total. The van der Waals surface area contributed by atoms with Gasteiger partial charge in [0.1, 0.15) is 11.4 Å². The zero-order valence-electron chi connectivity index (χ0n) is 15.2. The maximum absolute atomic E-state index is 12.7. The lowest BCUT2D eigenvalue weighted by molar-refractivity contribution is -0.137. The molecular weight excluding hydrogens is 371 g/mol. The summed E-state index contributed by atoms with van der Waals surface area (Å²) in [5, 5.41) is -0.0516. The van der Waals surface area contributed by atoms with Gasteiger partial charge in [-0.15, -0.1) is 0 Å². The van der Waals surface area contributed by atoms with Crippen LogP contribution >= 0.6 is 11.6 Å². The van der Waals surface area contributed by atoms with Gasteiger partial charge >= 0.3 is 12.3 Å². The van der Waals surface area contributed by atoms with Crippen LogP contribution in [0.2, 0.25) is 5.02 Å². The Balaban J connectivity index is 1.97. The molecule has 0 N–H and O–H groups in total. The Hall–Kier alpha value is -1.70. The fourth-order valence-corrected chi connectivity index (χ4v) is 3.12. The van der Waals surface area contributed by atoms with E-state index in [2.05, 4.69) is 4.98 Å². The fraction of sp³-hybridized carbons (Fsp3) is 0.647. The minimum atomic E-state index is -4.48. The molecule has 0 spiro atoms. The van der Waals surface area contributed by atoms with E-state index < -0.39 is 17.3 Å². The number of rotatable bonds is 3. The molecule has 0 radical (unpaired) electrons. The number of hydrogen-bond acceptors (Lipinski definition) is 4. The van der Waals surface area contributed by atoms with Crippen LogP contribution in [-0.2, 0) is 10.9 Å². The van der Waals surface area contributed by atoms with Gasteiger partial charge < -0.3 is 14.5 Å². The number of ether oxygens (including phenoxy) is 1. The van der Waals surface area contributed by atoms with Gasteiger partial charge in [-0.2, -0.15) is 13.2 Å². The molecule has 1 aliphatic rings. The molecule has 1 unspecified atom stereocenters. The average Bonchev–Trinajstić information content (AvgIpc) is 2.92. The summed E-state index contributed by atoms with van der Waals surface area (Å²) in [5.41, 5.74) is -1.43. The second-order valence-electron chi connectivity index (χ2n) is 7.49. The Morgan fingerprint density at radius 3 is 2.62 bits per heavy atom. The van der Waals surface area contributed by atoms with E-state index in [0.29, 0.717) is 19.6 Å². The van der Waals surface area contributed by atoms with Crippen LogP contribution < -0.4 is 4.90 Å². The normalized spacial score (nSPS) is 18.2. The predicted molar refractivity (Wildman–Crippen MR) is 93.4 cm³/mol. The third kappa shape index (κ3) is 5.40. The summed E-state index contributed by atoms with van der Waals surface area (Å²) in [6.07, 6.45) is -3.28. The second-order valence-corrected chi connectivity index (χ2v) is 7.90. The van der Waals surface area contributed by atoms with Crippen molar-refractivity contribution in [3.05, 3.63) is 22.8 Å². The Kier molecular flexibility index (Phi) is 5.95. The second kappa shape index (κ2) is 7.50. The largest absolute Gasteiger partial charge is 0.444 e. The van der Waals surface area contributed by atoms with Crippen LogP contribution in [0.25, 0.3) is 0 Å². The molecule has 2 rings (SSSR count). The zero-order valence-corrected chi connectivity index (χ0v) is 16.0. The molecule has 1 aliphatic heterocycles. The molecule has 9 heteroatoms. The molecule has 1 atom stereocenters. The van der Waals surface area contributed by atoms with Crippen molar-refractivity contribution in [2.24, 2.45) is 5.92 Å². The van der Waals surface area contributed by atoms with Crippen molar-refractivity contribution in [2.75, 3.05) is 31.6 Å². The minimum absolute atomic E-state index is 0.0516. The third-order valence-electron chi connectivity index (χ3n) is 3.98. The van der Waals surface area contributed by atoms with Gasteiger partial charge in [-0.05, 0) is 39.2 Å². The number of pyridine rings is 1. The smallest absolute Gasteiger partial charge is 0.417 e. The molecule has 146 valence electrons. The first-order chi connectivity index (χ1) is 11.9. The van der Waals surface area contributed by atoms with E-state index in [1.807, 2.05) is 20.8 Å². The fourth-order valence-electron chi connectivity index (χ4n) is 2.81. The van der Waals surface area contributed by atoms with Gasteiger partial charge in [0.2, 0.25) is 0 Å². The monoisotopic (exact) mass is 393 g/mol. The highest BCUT2D eigenvalue weighted by atomic mass is 35.5. The number of carbonyl (C=O) groups is 1. The van der Waals surface area contributed by atoms with Crippen LogP contribution in [0.15, 0.2) is 12.3 Å². The first kappa shape index (κ1) is 20.6. The summed E-state index contributed by atoms with van der Waals surface area (Å²) >= 11 is 5.98. The van der Waals surface area contributed by atoms with E-state index in [0.717, 1.165) is 18.7 Å². The molecule has 26 heavy (non-hydrogen) atoms. The van der Waals surface area contributed by atoms with Gasteiger partial charge in [-0.1, -0.05) is 11.6 Å². The number of hydrogen-bond donors (Lipinski definition) is 0. The molecule has 1 aromatic heterocycles. The number of anilines is 1. The highest BCUT2D eigenvalue weighted by Crippen LogP contribution is 2.33. The van der Waals surface area contributed by atoms with Crippen LogP contribution in [0.1, 0.15) is 32.8 Å². The topological polar surface area (TPSA) is 45.7 Å². The summed E-state index contributed by atoms with van der Waals surface area (Å²) in [5.74, 6) is 0.447. The van der Waals surface area contributed by atoms with Gasteiger partial charge in [-0.25, -0.2) is 9.78 Å². The Labute approximate surface area is 156 Å². The molecule has 0 saturated carbocycles. The minimum Gasteiger partial charge on any atom is -0.444 e. The van der Waals surface area contributed by atoms with Gasteiger partial charge in [0, 0.05) is 32.9 Å². The Morgan fingerprint density at radius 1 is 1.42 bits per heavy atom. The maximum atomic E-state index is 12.7. The molecule has 0 bridgehead atoms. The van der Waals surface area contributed by atoms with Crippen LogP contribution in [0, 0.1) is 5.92 Å².